The zero-order chi connectivity index (χ0) is 20.5. The number of aromatic nitrogens is 4. The number of alkyl halides is 2. The number of amides is 1. The molecule has 1 aliphatic carbocycles. The summed E-state index contributed by atoms with van der Waals surface area (Å²) in [5.74, 6) is -0.0696. The number of nitrogens with one attached hydrogen (secondary N) is 1. The van der Waals surface area contributed by atoms with E-state index in [0.29, 0.717) is 17.3 Å². The maximum absolute atomic E-state index is 13.0. The number of nitrogens with zero attached hydrogens (tertiary/aromatic N) is 4. The van der Waals surface area contributed by atoms with Gasteiger partial charge in [0.2, 0.25) is 5.91 Å². The summed E-state index contributed by atoms with van der Waals surface area (Å²) in [7, 11) is 0. The first kappa shape index (κ1) is 19.8. The van der Waals surface area contributed by atoms with E-state index < -0.39 is 12.3 Å². The molecule has 1 saturated carbocycles. The molecule has 1 aromatic carbocycles. The van der Waals surface area contributed by atoms with Gasteiger partial charge in [0.15, 0.2) is 5.82 Å². The first-order valence-electron chi connectivity index (χ1n) is 9.02. The van der Waals surface area contributed by atoms with Gasteiger partial charge in [0.05, 0.1) is 6.54 Å². The third-order valence-electron chi connectivity index (χ3n) is 4.61. The van der Waals surface area contributed by atoms with Gasteiger partial charge in [-0.25, -0.2) is 8.78 Å². The Kier molecular flexibility index (Phi) is 5.56. The molecule has 29 heavy (non-hydrogen) atoms. The van der Waals surface area contributed by atoms with Gasteiger partial charge in [0.1, 0.15) is 17.3 Å². The average molecular weight is 440 g/mol. The second-order valence-corrected chi connectivity index (χ2v) is 7.70. The van der Waals surface area contributed by atoms with Crippen LogP contribution >= 0.6 is 23.2 Å². The summed E-state index contributed by atoms with van der Waals surface area (Å²) in [6.07, 6.45) is 0.730. The highest BCUT2D eigenvalue weighted by atomic mass is 35.5. The molecule has 152 valence electrons. The predicted molar refractivity (Wildman–Crippen MR) is 106 cm³/mol. The molecule has 0 atom stereocenters. The monoisotopic (exact) mass is 439 g/mol. The van der Waals surface area contributed by atoms with Gasteiger partial charge >= 0.3 is 0 Å². The van der Waals surface area contributed by atoms with Gasteiger partial charge in [-0.2, -0.15) is 10.2 Å². The Balaban J connectivity index is 1.45. The number of benzene rings is 1. The van der Waals surface area contributed by atoms with Gasteiger partial charge in [-0.1, -0.05) is 41.4 Å². The Morgan fingerprint density at radius 1 is 1.21 bits per heavy atom. The number of hydrogen-bond acceptors (Lipinski definition) is 3. The molecule has 2 heterocycles. The highest BCUT2D eigenvalue weighted by molar-refractivity contribution is 6.33. The minimum absolute atomic E-state index is 0.182. The molecule has 1 aliphatic rings. The Labute approximate surface area is 175 Å². The summed E-state index contributed by atoms with van der Waals surface area (Å²) < 4.78 is 28.9. The molecule has 1 N–H and O–H groups in total. The molecule has 4 rings (SSSR count). The number of anilines is 1. The molecule has 3 aromatic rings. The van der Waals surface area contributed by atoms with Crippen molar-refractivity contribution in [3.8, 4) is 0 Å². The normalized spacial score (nSPS) is 13.8. The van der Waals surface area contributed by atoms with E-state index in [-0.39, 0.29) is 29.0 Å². The van der Waals surface area contributed by atoms with Crippen molar-refractivity contribution in [2.24, 2.45) is 0 Å². The summed E-state index contributed by atoms with van der Waals surface area (Å²) in [5.41, 5.74) is 1.20. The van der Waals surface area contributed by atoms with Crippen LogP contribution in [0.3, 0.4) is 0 Å². The Morgan fingerprint density at radius 3 is 2.66 bits per heavy atom. The fraction of sp³-hybridized carbons (Fsp3) is 0.316. The average Bonchev–Trinajstić information content (AvgIpc) is 3.34. The molecule has 1 fully saturated rings. The zero-order valence-electron chi connectivity index (χ0n) is 15.2. The van der Waals surface area contributed by atoms with Crippen LogP contribution in [-0.4, -0.2) is 25.5 Å². The number of rotatable bonds is 7. The van der Waals surface area contributed by atoms with Gasteiger partial charge in [-0.15, -0.1) is 0 Å². The molecule has 2 aromatic heterocycles. The van der Waals surface area contributed by atoms with Gasteiger partial charge in [0.25, 0.3) is 6.43 Å². The van der Waals surface area contributed by atoms with Crippen molar-refractivity contribution in [1.82, 2.24) is 19.6 Å². The number of carbonyl (C=O) groups is 1. The molecule has 0 saturated heterocycles. The molecule has 0 radical (unpaired) electrons. The second-order valence-electron chi connectivity index (χ2n) is 6.89. The lowest BCUT2D eigenvalue weighted by Gasteiger charge is -2.07. The van der Waals surface area contributed by atoms with Crippen molar-refractivity contribution >= 4 is 34.9 Å². The highest BCUT2D eigenvalue weighted by Gasteiger charge is 2.30. The lowest BCUT2D eigenvalue weighted by Crippen LogP contribution is -2.21. The van der Waals surface area contributed by atoms with Gasteiger partial charge in [0, 0.05) is 22.8 Å². The van der Waals surface area contributed by atoms with E-state index in [4.69, 9.17) is 23.2 Å². The van der Waals surface area contributed by atoms with Crippen molar-refractivity contribution in [2.45, 2.75) is 38.3 Å². The SMILES string of the molecule is O=C(Cn1nc(C(F)F)cc1C1CC1)Nc1nn(Cc2ccccc2Cl)cc1Cl. The van der Waals surface area contributed by atoms with Crippen LogP contribution in [0.2, 0.25) is 10.0 Å². The maximum Gasteiger partial charge on any atom is 0.282 e. The largest absolute Gasteiger partial charge is 0.306 e. The Hall–Kier alpha value is -2.45. The van der Waals surface area contributed by atoms with E-state index in [1.807, 2.05) is 18.2 Å². The molecular weight excluding hydrogens is 423 g/mol. The molecule has 10 heteroatoms. The lowest BCUT2D eigenvalue weighted by molar-refractivity contribution is -0.117. The topological polar surface area (TPSA) is 64.7 Å². The van der Waals surface area contributed by atoms with E-state index in [1.165, 1.54) is 10.7 Å². The van der Waals surface area contributed by atoms with Crippen LogP contribution in [0.1, 0.15) is 42.1 Å². The maximum atomic E-state index is 13.0. The molecule has 1 amide bonds. The van der Waals surface area contributed by atoms with Crippen molar-refractivity contribution < 1.29 is 13.6 Å². The van der Waals surface area contributed by atoms with Crippen LogP contribution < -0.4 is 5.32 Å². The summed E-state index contributed by atoms with van der Waals surface area (Å²) in [5, 5.41) is 11.6. The third kappa shape index (κ3) is 4.59. The molecule has 0 bridgehead atoms. The quantitative estimate of drug-likeness (QED) is 0.569. The summed E-state index contributed by atoms with van der Waals surface area (Å²) in [6.45, 7) is 0.199. The van der Waals surface area contributed by atoms with Crippen LogP contribution in [0.25, 0.3) is 0 Å². The minimum Gasteiger partial charge on any atom is -0.306 e. The number of carbonyl (C=O) groups excluding carboxylic acids is 1. The van der Waals surface area contributed by atoms with Crippen LogP contribution in [-0.2, 0) is 17.9 Å². The van der Waals surface area contributed by atoms with Crippen LogP contribution in [0.4, 0.5) is 14.6 Å². The Morgan fingerprint density at radius 2 is 1.97 bits per heavy atom. The summed E-state index contributed by atoms with van der Waals surface area (Å²) in [4.78, 5) is 12.4. The van der Waals surface area contributed by atoms with Crippen molar-refractivity contribution in [3.05, 3.63) is 63.5 Å². The number of halogens is 4. The zero-order valence-corrected chi connectivity index (χ0v) is 16.7. The lowest BCUT2D eigenvalue weighted by atomic mass is 10.2. The Bertz CT molecular complexity index is 1050. The summed E-state index contributed by atoms with van der Waals surface area (Å²) >= 11 is 12.3. The van der Waals surface area contributed by atoms with E-state index in [0.717, 1.165) is 18.4 Å². The van der Waals surface area contributed by atoms with E-state index in [2.05, 4.69) is 15.5 Å². The van der Waals surface area contributed by atoms with E-state index in [9.17, 15) is 13.6 Å². The number of hydrogen-bond donors (Lipinski definition) is 1. The van der Waals surface area contributed by atoms with E-state index in [1.54, 1.807) is 16.9 Å². The first-order valence-corrected chi connectivity index (χ1v) is 9.78. The highest BCUT2D eigenvalue weighted by Crippen LogP contribution is 2.41. The fourth-order valence-corrected chi connectivity index (χ4v) is 3.46. The van der Waals surface area contributed by atoms with Gasteiger partial charge in [-0.3, -0.25) is 14.2 Å². The molecular formula is C19H17Cl2F2N5O. The molecule has 6 nitrogen and oxygen atoms in total. The molecule has 0 unspecified atom stereocenters. The van der Waals surface area contributed by atoms with Crippen molar-refractivity contribution in [1.29, 1.82) is 0 Å². The molecule has 0 aliphatic heterocycles. The van der Waals surface area contributed by atoms with Gasteiger partial charge in [-0.05, 0) is 30.5 Å². The van der Waals surface area contributed by atoms with E-state index >= 15 is 0 Å². The van der Waals surface area contributed by atoms with Crippen LogP contribution in [0, 0.1) is 0 Å². The van der Waals surface area contributed by atoms with Crippen LogP contribution in [0.5, 0.6) is 0 Å². The summed E-state index contributed by atoms with van der Waals surface area (Å²) in [6, 6.07) is 8.72. The first-order chi connectivity index (χ1) is 13.9. The smallest absolute Gasteiger partial charge is 0.282 e. The minimum atomic E-state index is -2.67. The van der Waals surface area contributed by atoms with Crippen molar-refractivity contribution in [3.63, 3.8) is 0 Å². The predicted octanol–water partition coefficient (Wildman–Crippen LogP) is 4.89. The standard InChI is InChI=1S/C19H17Cl2F2N5O/c20-13-4-2-1-3-12(13)8-27-9-14(21)19(26-27)24-17(29)10-28-16(11-5-6-11)7-15(25-28)18(22)23/h1-4,7,9,11,18H,5-6,8,10H2,(H,24,26,29). The molecule has 0 spiro atoms. The van der Waals surface area contributed by atoms with Gasteiger partial charge < -0.3 is 5.32 Å². The van der Waals surface area contributed by atoms with Crippen molar-refractivity contribution in [2.75, 3.05) is 5.32 Å². The third-order valence-corrected chi connectivity index (χ3v) is 5.25. The van der Waals surface area contributed by atoms with Crippen LogP contribution in [0.15, 0.2) is 36.5 Å². The second kappa shape index (κ2) is 8.12. The fourth-order valence-electron chi connectivity index (χ4n) is 3.06.